The average molecular weight is 387 g/mol. The first-order chi connectivity index (χ1) is 12.6. The number of fused-ring (bicyclic) bond motifs is 1. The molecule has 0 unspecified atom stereocenters. The van der Waals surface area contributed by atoms with Gasteiger partial charge in [0.1, 0.15) is 11.4 Å². The maximum atomic E-state index is 6.16. The number of ether oxygens (including phenoxy) is 1. The van der Waals surface area contributed by atoms with E-state index in [1.165, 1.54) is 16.4 Å². The largest absolute Gasteiger partial charge is 0.497 e. The van der Waals surface area contributed by atoms with Crippen molar-refractivity contribution in [1.82, 2.24) is 24.3 Å². The molecular formula is C17H15ClN6OS. The summed E-state index contributed by atoms with van der Waals surface area (Å²) in [7, 11) is 1.63. The molecule has 0 radical (unpaired) electrons. The second-order valence-corrected chi connectivity index (χ2v) is 6.92. The predicted molar refractivity (Wildman–Crippen MR) is 102 cm³/mol. The lowest BCUT2D eigenvalue weighted by atomic mass is 10.2. The molecule has 0 amide bonds. The van der Waals surface area contributed by atoms with Gasteiger partial charge >= 0.3 is 0 Å². The van der Waals surface area contributed by atoms with E-state index < -0.39 is 0 Å². The lowest BCUT2D eigenvalue weighted by Gasteiger charge is -2.04. The van der Waals surface area contributed by atoms with Crippen LogP contribution in [0.5, 0.6) is 5.75 Å². The molecule has 0 aliphatic carbocycles. The van der Waals surface area contributed by atoms with Gasteiger partial charge in [0, 0.05) is 23.7 Å². The van der Waals surface area contributed by atoms with E-state index >= 15 is 0 Å². The first-order valence-corrected chi connectivity index (χ1v) is 9.11. The Kier molecular flexibility index (Phi) is 4.44. The number of benzene rings is 1. The zero-order chi connectivity index (χ0) is 18.1. The molecule has 0 aliphatic rings. The Morgan fingerprint density at radius 3 is 2.69 bits per heavy atom. The summed E-state index contributed by atoms with van der Waals surface area (Å²) in [5, 5.41) is 9.66. The third-order valence-electron chi connectivity index (χ3n) is 3.83. The van der Waals surface area contributed by atoms with Crippen LogP contribution < -0.4 is 10.6 Å². The van der Waals surface area contributed by atoms with Crippen LogP contribution in [0.1, 0.15) is 5.69 Å². The lowest BCUT2D eigenvalue weighted by molar-refractivity contribution is 0.415. The van der Waals surface area contributed by atoms with Crippen molar-refractivity contribution in [3.63, 3.8) is 0 Å². The first kappa shape index (κ1) is 16.7. The van der Waals surface area contributed by atoms with Crippen LogP contribution >= 0.6 is 23.4 Å². The van der Waals surface area contributed by atoms with Gasteiger partial charge in [0.25, 0.3) is 0 Å². The number of halogens is 1. The topological polar surface area (TPSA) is 83.3 Å². The Labute approximate surface area is 158 Å². The zero-order valence-electron chi connectivity index (χ0n) is 13.8. The van der Waals surface area contributed by atoms with E-state index in [2.05, 4.69) is 15.2 Å². The molecule has 0 saturated heterocycles. The quantitative estimate of drug-likeness (QED) is 0.418. The molecule has 4 rings (SSSR count). The summed E-state index contributed by atoms with van der Waals surface area (Å²) in [5.74, 6) is 8.15. The van der Waals surface area contributed by atoms with Gasteiger partial charge in [-0.3, -0.25) is 0 Å². The highest BCUT2D eigenvalue weighted by Gasteiger charge is 2.13. The number of thioether (sulfide) groups is 1. The number of nitrogen functional groups attached to an aromatic ring is 1. The van der Waals surface area contributed by atoms with Crippen LogP contribution in [0, 0.1) is 0 Å². The minimum absolute atomic E-state index is 0.594. The third kappa shape index (κ3) is 3.21. The summed E-state index contributed by atoms with van der Waals surface area (Å²) < 4.78 is 8.55. The molecule has 0 bridgehead atoms. The lowest BCUT2D eigenvalue weighted by Crippen LogP contribution is -2.11. The summed E-state index contributed by atoms with van der Waals surface area (Å²) in [6, 6.07) is 11.2. The third-order valence-corrected chi connectivity index (χ3v) is 5.03. The van der Waals surface area contributed by atoms with Crippen LogP contribution in [-0.4, -0.2) is 31.4 Å². The Hall–Kier alpha value is -2.71. The standard InChI is InChI=1S/C17H15ClN6OS/c1-25-14-5-2-11(3-6-14)16-21-22-17(24(16)19)26-10-13-9-23-8-12(18)4-7-15(23)20-13/h2-9H,10,19H2,1H3. The van der Waals surface area contributed by atoms with Gasteiger partial charge in [0.2, 0.25) is 5.16 Å². The number of hydrogen-bond donors (Lipinski definition) is 1. The van der Waals surface area contributed by atoms with E-state index in [-0.39, 0.29) is 0 Å². The minimum atomic E-state index is 0.594. The van der Waals surface area contributed by atoms with Crippen LogP contribution in [0.4, 0.5) is 0 Å². The molecule has 132 valence electrons. The van der Waals surface area contributed by atoms with E-state index in [9.17, 15) is 0 Å². The van der Waals surface area contributed by atoms with Crippen molar-refractivity contribution < 1.29 is 4.74 Å². The van der Waals surface area contributed by atoms with Crippen molar-refractivity contribution in [2.75, 3.05) is 13.0 Å². The summed E-state index contributed by atoms with van der Waals surface area (Å²) >= 11 is 7.48. The molecule has 3 aromatic heterocycles. The van der Waals surface area contributed by atoms with Crippen LogP contribution in [0.25, 0.3) is 17.0 Å². The summed E-state index contributed by atoms with van der Waals surface area (Å²) in [4.78, 5) is 4.55. The molecule has 2 N–H and O–H groups in total. The van der Waals surface area contributed by atoms with Gasteiger partial charge in [-0.15, -0.1) is 10.2 Å². The molecule has 0 fully saturated rings. The number of methoxy groups -OCH3 is 1. The van der Waals surface area contributed by atoms with E-state index in [0.717, 1.165) is 22.7 Å². The molecule has 26 heavy (non-hydrogen) atoms. The highest BCUT2D eigenvalue weighted by molar-refractivity contribution is 7.98. The van der Waals surface area contributed by atoms with E-state index in [1.54, 1.807) is 7.11 Å². The number of rotatable bonds is 5. The van der Waals surface area contributed by atoms with Crippen molar-refractivity contribution in [1.29, 1.82) is 0 Å². The van der Waals surface area contributed by atoms with Gasteiger partial charge in [-0.1, -0.05) is 23.4 Å². The highest BCUT2D eigenvalue weighted by atomic mass is 35.5. The molecule has 7 nitrogen and oxygen atoms in total. The molecule has 4 aromatic rings. The summed E-state index contributed by atoms with van der Waals surface area (Å²) in [5.41, 5.74) is 2.62. The molecule has 9 heteroatoms. The van der Waals surface area contributed by atoms with Crippen LogP contribution in [0.3, 0.4) is 0 Å². The van der Waals surface area contributed by atoms with Crippen LogP contribution in [0.2, 0.25) is 5.02 Å². The minimum Gasteiger partial charge on any atom is -0.497 e. The van der Waals surface area contributed by atoms with Gasteiger partial charge in [-0.25, -0.2) is 9.66 Å². The van der Waals surface area contributed by atoms with Crippen molar-refractivity contribution in [2.24, 2.45) is 0 Å². The number of hydrogen-bond acceptors (Lipinski definition) is 6. The van der Waals surface area contributed by atoms with Crippen molar-refractivity contribution in [3.05, 3.63) is 59.5 Å². The molecule has 0 atom stereocenters. The Bertz CT molecular complexity index is 1060. The Morgan fingerprint density at radius 1 is 1.12 bits per heavy atom. The maximum Gasteiger partial charge on any atom is 0.210 e. The van der Waals surface area contributed by atoms with E-state index in [0.29, 0.717) is 21.8 Å². The summed E-state index contributed by atoms with van der Waals surface area (Å²) in [6.45, 7) is 0. The van der Waals surface area contributed by atoms with Gasteiger partial charge in [0.15, 0.2) is 5.82 Å². The maximum absolute atomic E-state index is 6.16. The normalized spacial score (nSPS) is 11.2. The smallest absolute Gasteiger partial charge is 0.210 e. The van der Waals surface area contributed by atoms with Gasteiger partial charge < -0.3 is 15.0 Å². The van der Waals surface area contributed by atoms with Crippen molar-refractivity contribution >= 4 is 29.0 Å². The fourth-order valence-electron chi connectivity index (χ4n) is 2.54. The number of pyridine rings is 1. The van der Waals surface area contributed by atoms with Crippen molar-refractivity contribution in [3.8, 4) is 17.1 Å². The highest BCUT2D eigenvalue weighted by Crippen LogP contribution is 2.25. The van der Waals surface area contributed by atoms with E-state index in [4.69, 9.17) is 22.2 Å². The van der Waals surface area contributed by atoms with Gasteiger partial charge in [-0.05, 0) is 36.4 Å². The second kappa shape index (κ2) is 6.89. The number of nitrogens with zero attached hydrogens (tertiary/aromatic N) is 5. The first-order valence-electron chi connectivity index (χ1n) is 7.75. The zero-order valence-corrected chi connectivity index (χ0v) is 15.4. The monoisotopic (exact) mass is 386 g/mol. The molecule has 0 saturated carbocycles. The molecule has 0 spiro atoms. The average Bonchev–Trinajstić information content (AvgIpc) is 3.22. The van der Waals surface area contributed by atoms with Crippen LogP contribution in [-0.2, 0) is 5.75 Å². The van der Waals surface area contributed by atoms with Crippen molar-refractivity contribution in [2.45, 2.75) is 10.9 Å². The summed E-state index contributed by atoms with van der Waals surface area (Å²) in [6.07, 6.45) is 3.76. The SMILES string of the molecule is COc1ccc(-c2nnc(SCc3cn4cc(Cl)ccc4n3)n2N)cc1. The number of imidazole rings is 1. The fraction of sp³-hybridized carbons (Fsp3) is 0.118. The Morgan fingerprint density at radius 2 is 1.92 bits per heavy atom. The molecule has 3 heterocycles. The fourth-order valence-corrected chi connectivity index (χ4v) is 3.45. The number of aromatic nitrogens is 5. The van der Waals surface area contributed by atoms with E-state index in [1.807, 2.05) is 53.2 Å². The van der Waals surface area contributed by atoms with Gasteiger partial charge in [0.05, 0.1) is 17.8 Å². The second-order valence-electron chi connectivity index (χ2n) is 5.54. The van der Waals surface area contributed by atoms with Crippen LogP contribution in [0.15, 0.2) is 53.9 Å². The molecule has 0 aliphatic heterocycles. The van der Waals surface area contributed by atoms with Gasteiger partial charge in [-0.2, -0.15) is 0 Å². The molecular weight excluding hydrogens is 372 g/mol. The molecule has 1 aromatic carbocycles. The Balaban J connectivity index is 1.52. The number of nitrogens with two attached hydrogens (primary N) is 1. The predicted octanol–water partition coefficient (Wildman–Crippen LogP) is 3.26.